The fourth-order valence-electron chi connectivity index (χ4n) is 2.70. The van der Waals surface area contributed by atoms with Gasteiger partial charge in [-0.3, -0.25) is 0 Å². The van der Waals surface area contributed by atoms with Crippen molar-refractivity contribution in [3.05, 3.63) is 77.9 Å². The zero-order valence-corrected chi connectivity index (χ0v) is 13.7. The summed E-state index contributed by atoms with van der Waals surface area (Å²) in [5.74, 6) is 0.151. The molecule has 0 aliphatic rings. The molecular weight excluding hydrogens is 336 g/mol. The second-order valence-corrected chi connectivity index (χ2v) is 5.79. The van der Waals surface area contributed by atoms with Gasteiger partial charge >= 0.3 is 0 Å². The second kappa shape index (κ2) is 6.87. The maximum Gasteiger partial charge on any atom is 0.185 e. The van der Waals surface area contributed by atoms with Gasteiger partial charge in [0, 0.05) is 18.2 Å². The minimum Gasteiger partial charge on any atom is -0.368 e. The van der Waals surface area contributed by atoms with Crippen LogP contribution in [0.5, 0.6) is 0 Å². The minimum absolute atomic E-state index is 0.416. The number of aromatic nitrogens is 4. The SMILES string of the molecule is Fc1ccc(CCNc2ccc3nnc(-c4ccccc4)n3n2)c(F)c1. The van der Waals surface area contributed by atoms with E-state index in [9.17, 15) is 8.78 Å². The molecule has 0 saturated carbocycles. The summed E-state index contributed by atoms with van der Waals surface area (Å²) in [4.78, 5) is 0. The van der Waals surface area contributed by atoms with Gasteiger partial charge < -0.3 is 5.32 Å². The summed E-state index contributed by atoms with van der Waals surface area (Å²) in [5.41, 5.74) is 2.01. The van der Waals surface area contributed by atoms with Crippen molar-refractivity contribution >= 4 is 11.5 Å². The Hall–Kier alpha value is -3.35. The maximum atomic E-state index is 13.7. The number of anilines is 1. The highest BCUT2D eigenvalue weighted by Gasteiger charge is 2.10. The molecule has 5 nitrogen and oxygen atoms in total. The number of fused-ring (bicyclic) bond motifs is 1. The molecule has 0 radical (unpaired) electrons. The Labute approximate surface area is 148 Å². The number of rotatable bonds is 5. The molecule has 2 aromatic heterocycles. The Kier molecular flexibility index (Phi) is 4.27. The molecular formula is C19H15F2N5. The molecule has 0 aliphatic carbocycles. The van der Waals surface area contributed by atoms with Crippen molar-refractivity contribution in [3.8, 4) is 11.4 Å². The summed E-state index contributed by atoms with van der Waals surface area (Å²) < 4.78 is 28.3. The molecule has 26 heavy (non-hydrogen) atoms. The van der Waals surface area contributed by atoms with Crippen LogP contribution >= 0.6 is 0 Å². The van der Waals surface area contributed by atoms with Crippen LogP contribution < -0.4 is 5.32 Å². The number of nitrogens with one attached hydrogen (secondary N) is 1. The first-order chi connectivity index (χ1) is 12.7. The minimum atomic E-state index is -0.577. The van der Waals surface area contributed by atoms with Crippen LogP contribution in [0.1, 0.15) is 5.56 Å². The van der Waals surface area contributed by atoms with Gasteiger partial charge in [-0.1, -0.05) is 36.4 Å². The summed E-state index contributed by atoms with van der Waals surface area (Å²) in [5, 5.41) is 16.0. The van der Waals surface area contributed by atoms with Gasteiger partial charge in [-0.2, -0.15) is 4.52 Å². The largest absolute Gasteiger partial charge is 0.368 e. The number of benzene rings is 2. The van der Waals surface area contributed by atoms with E-state index in [1.165, 1.54) is 12.1 Å². The predicted octanol–water partition coefficient (Wildman–Crippen LogP) is 3.72. The number of halogens is 2. The highest BCUT2D eigenvalue weighted by molar-refractivity contribution is 5.59. The Balaban J connectivity index is 1.52. The monoisotopic (exact) mass is 351 g/mol. The van der Waals surface area contributed by atoms with Gasteiger partial charge in [0.25, 0.3) is 0 Å². The molecule has 2 heterocycles. The summed E-state index contributed by atoms with van der Waals surface area (Å²) in [7, 11) is 0. The van der Waals surface area contributed by atoms with Crippen LogP contribution in [0.25, 0.3) is 17.0 Å². The summed E-state index contributed by atoms with van der Waals surface area (Å²) in [6.45, 7) is 0.462. The van der Waals surface area contributed by atoms with Gasteiger partial charge in [0.15, 0.2) is 11.5 Å². The molecule has 1 N–H and O–H groups in total. The van der Waals surface area contributed by atoms with E-state index in [0.717, 1.165) is 11.6 Å². The lowest BCUT2D eigenvalue weighted by atomic mass is 10.1. The van der Waals surface area contributed by atoms with Crippen LogP contribution in [-0.2, 0) is 6.42 Å². The number of hydrogen-bond donors (Lipinski definition) is 1. The molecule has 4 aromatic rings. The van der Waals surface area contributed by atoms with E-state index < -0.39 is 11.6 Å². The fraction of sp³-hybridized carbons (Fsp3) is 0.105. The predicted molar refractivity (Wildman–Crippen MR) is 94.8 cm³/mol. The Morgan fingerprint density at radius 1 is 0.923 bits per heavy atom. The summed E-state index contributed by atoms with van der Waals surface area (Å²) in [6.07, 6.45) is 0.416. The first kappa shape index (κ1) is 16.1. The zero-order chi connectivity index (χ0) is 17.9. The third-order valence-electron chi connectivity index (χ3n) is 4.01. The summed E-state index contributed by atoms with van der Waals surface area (Å²) in [6, 6.07) is 16.9. The third kappa shape index (κ3) is 3.23. The van der Waals surface area contributed by atoms with Crippen molar-refractivity contribution in [2.24, 2.45) is 0 Å². The van der Waals surface area contributed by atoms with Crippen LogP contribution in [0.15, 0.2) is 60.7 Å². The van der Waals surface area contributed by atoms with Gasteiger partial charge in [0.05, 0.1) is 0 Å². The molecule has 0 amide bonds. The maximum absolute atomic E-state index is 13.7. The van der Waals surface area contributed by atoms with Gasteiger partial charge in [-0.05, 0) is 30.2 Å². The first-order valence-corrected chi connectivity index (χ1v) is 8.16. The van der Waals surface area contributed by atoms with Gasteiger partial charge in [0.2, 0.25) is 0 Å². The quantitative estimate of drug-likeness (QED) is 0.595. The molecule has 2 aromatic carbocycles. The van der Waals surface area contributed by atoms with Crippen molar-refractivity contribution in [3.63, 3.8) is 0 Å². The lowest BCUT2D eigenvalue weighted by molar-refractivity contribution is 0.572. The average Bonchev–Trinajstić information content (AvgIpc) is 3.07. The Morgan fingerprint density at radius 3 is 2.58 bits per heavy atom. The average molecular weight is 351 g/mol. The van der Waals surface area contributed by atoms with Crippen LogP contribution in [0.2, 0.25) is 0 Å². The van der Waals surface area contributed by atoms with Crippen molar-refractivity contribution in [1.82, 2.24) is 19.8 Å². The molecule has 0 unspecified atom stereocenters. The topological polar surface area (TPSA) is 55.1 Å². The molecule has 0 spiro atoms. The highest BCUT2D eigenvalue weighted by Crippen LogP contribution is 2.18. The third-order valence-corrected chi connectivity index (χ3v) is 4.01. The summed E-state index contributed by atoms with van der Waals surface area (Å²) >= 11 is 0. The molecule has 7 heteroatoms. The van der Waals surface area contributed by atoms with E-state index in [2.05, 4.69) is 20.6 Å². The van der Waals surface area contributed by atoms with Crippen molar-refractivity contribution < 1.29 is 8.78 Å². The van der Waals surface area contributed by atoms with E-state index in [0.29, 0.717) is 35.8 Å². The molecule has 0 saturated heterocycles. The van der Waals surface area contributed by atoms with Crippen molar-refractivity contribution in [2.75, 3.05) is 11.9 Å². The second-order valence-electron chi connectivity index (χ2n) is 5.79. The molecule has 0 bridgehead atoms. The number of hydrogen-bond acceptors (Lipinski definition) is 4. The standard InChI is InChI=1S/C19H15F2N5/c20-15-7-6-13(16(21)12-15)10-11-22-17-8-9-18-23-24-19(26(18)25-17)14-4-2-1-3-5-14/h1-9,12H,10-11H2,(H,22,25). The molecule has 0 fully saturated rings. The van der Waals surface area contributed by atoms with Crippen LogP contribution in [0, 0.1) is 11.6 Å². The fourth-order valence-corrected chi connectivity index (χ4v) is 2.70. The molecule has 4 rings (SSSR count). The molecule has 130 valence electrons. The van der Waals surface area contributed by atoms with Gasteiger partial charge in [0.1, 0.15) is 17.5 Å². The van der Waals surface area contributed by atoms with Gasteiger partial charge in [-0.25, -0.2) is 8.78 Å². The van der Waals surface area contributed by atoms with E-state index in [1.54, 1.807) is 10.6 Å². The van der Waals surface area contributed by atoms with E-state index in [4.69, 9.17) is 0 Å². The lowest BCUT2D eigenvalue weighted by Crippen LogP contribution is -2.09. The number of nitrogens with zero attached hydrogens (tertiary/aromatic N) is 4. The zero-order valence-electron chi connectivity index (χ0n) is 13.7. The van der Waals surface area contributed by atoms with Crippen LogP contribution in [-0.4, -0.2) is 26.4 Å². The normalized spacial score (nSPS) is 11.0. The van der Waals surface area contributed by atoms with Crippen LogP contribution in [0.4, 0.5) is 14.6 Å². The van der Waals surface area contributed by atoms with E-state index >= 15 is 0 Å². The van der Waals surface area contributed by atoms with E-state index in [-0.39, 0.29) is 0 Å². The van der Waals surface area contributed by atoms with E-state index in [1.807, 2.05) is 36.4 Å². The lowest BCUT2D eigenvalue weighted by Gasteiger charge is -2.07. The van der Waals surface area contributed by atoms with Gasteiger partial charge in [-0.15, -0.1) is 15.3 Å². The van der Waals surface area contributed by atoms with Crippen LogP contribution in [0.3, 0.4) is 0 Å². The van der Waals surface area contributed by atoms with Crippen molar-refractivity contribution in [1.29, 1.82) is 0 Å². The smallest absolute Gasteiger partial charge is 0.185 e. The first-order valence-electron chi connectivity index (χ1n) is 8.16. The Bertz CT molecular complexity index is 1050. The molecule has 0 atom stereocenters. The highest BCUT2D eigenvalue weighted by atomic mass is 19.1. The molecule has 0 aliphatic heterocycles. The van der Waals surface area contributed by atoms with Crippen molar-refractivity contribution in [2.45, 2.75) is 6.42 Å². The Morgan fingerprint density at radius 2 is 1.77 bits per heavy atom.